The van der Waals surface area contributed by atoms with Crippen LogP contribution < -0.4 is 37.2 Å². The number of hydrogen-bond acceptors (Lipinski definition) is 14. The van der Waals surface area contributed by atoms with E-state index in [1.54, 1.807) is 30.3 Å². The maximum atomic E-state index is 13.2. The molecule has 0 atom stereocenters. The van der Waals surface area contributed by atoms with E-state index in [0.717, 1.165) is 216 Å². The van der Waals surface area contributed by atoms with Crippen LogP contribution >= 0.6 is 23.2 Å². The highest BCUT2D eigenvalue weighted by Gasteiger charge is 2.38. The van der Waals surface area contributed by atoms with E-state index < -0.39 is 17.5 Å². The summed E-state index contributed by atoms with van der Waals surface area (Å²) in [5, 5.41) is 22.8. The SMILES string of the molecule is CC(C)N1CCC(C)(NC(=O)c2cc(F)cc(F)c2)CC1.CC(C)N1CCC(C)(NC(=O)c2cccc(F)c2)CC1.CC(C)N1CCC(NC(=O)c2ccc(F)cc2)CC1.CC(C)N1CCC(NC(=O)c2cccc(F)c2)CC1.CC(C)N1CCC(NC(=O)c2ccccc2)CC1.Cc1c(Cl)cccc1C(=O)NC1(C)CCN(C(C)C)CC1.Cc1ccc(Cl)cc1C(=O)NC1(C)CCN(C(C)C)CC1. The first-order valence-corrected chi connectivity index (χ1v) is 51.1. The van der Waals surface area contributed by atoms with Gasteiger partial charge in [-0.3, -0.25) is 33.6 Å². The maximum Gasteiger partial charge on any atom is 0.252 e. The Kier molecular flexibility index (Phi) is 45.4. The Bertz CT molecular complexity index is 4960. The van der Waals surface area contributed by atoms with Gasteiger partial charge in [0.1, 0.15) is 29.1 Å². The number of carbonyl (C=O) groups is 7. The molecule has 7 aromatic rings. The number of hydrogen-bond donors (Lipinski definition) is 7. The zero-order valence-corrected chi connectivity index (χ0v) is 87.7. The third kappa shape index (κ3) is 37.9. The first kappa shape index (κ1) is 115. The Hall–Kier alpha value is -9.22. The number of nitrogens with zero attached hydrogens (tertiary/aromatic N) is 7. The Labute approximate surface area is 836 Å². The van der Waals surface area contributed by atoms with E-state index in [1.807, 2.05) is 81.4 Å². The van der Waals surface area contributed by atoms with Crippen LogP contribution in [0.15, 0.2) is 158 Å². The van der Waals surface area contributed by atoms with Crippen LogP contribution in [0.4, 0.5) is 22.0 Å². The summed E-state index contributed by atoms with van der Waals surface area (Å²) in [6.07, 6.45) is 13.4. The molecule has 0 radical (unpaired) electrons. The molecule has 0 saturated carbocycles. The molecule has 764 valence electrons. The highest BCUT2D eigenvalue weighted by Crippen LogP contribution is 2.31. The lowest BCUT2D eigenvalue weighted by Gasteiger charge is -2.41. The van der Waals surface area contributed by atoms with Gasteiger partial charge in [-0.15, -0.1) is 0 Å². The predicted molar refractivity (Wildman–Crippen MR) is 553 cm³/mol. The van der Waals surface area contributed by atoms with Gasteiger partial charge in [-0.25, -0.2) is 22.0 Å². The number of piperidine rings is 7. The Morgan fingerprint density at radius 2 is 0.561 bits per heavy atom. The van der Waals surface area contributed by atoms with E-state index >= 15 is 0 Å². The second-order valence-corrected chi connectivity index (χ2v) is 42.5. The van der Waals surface area contributed by atoms with E-state index in [4.69, 9.17) is 23.2 Å². The van der Waals surface area contributed by atoms with Gasteiger partial charge in [-0.1, -0.05) is 65.7 Å². The number of aryl methyl sites for hydroxylation is 1. The third-order valence-corrected chi connectivity index (χ3v) is 29.0. The van der Waals surface area contributed by atoms with Crippen LogP contribution in [0.1, 0.15) is 298 Å². The van der Waals surface area contributed by atoms with Crippen LogP contribution in [0.3, 0.4) is 0 Å². The van der Waals surface area contributed by atoms with Gasteiger partial charge in [0.15, 0.2) is 0 Å². The molecule has 0 bridgehead atoms. The minimum absolute atomic E-state index is 0.0181. The maximum absolute atomic E-state index is 13.2. The number of amides is 7. The van der Waals surface area contributed by atoms with Crippen LogP contribution in [-0.4, -0.2) is 250 Å². The molecule has 28 heteroatoms. The zero-order chi connectivity index (χ0) is 102. The highest BCUT2D eigenvalue weighted by atomic mass is 35.5. The summed E-state index contributed by atoms with van der Waals surface area (Å²) < 4.78 is 65.4. The summed E-state index contributed by atoms with van der Waals surface area (Å²) in [5.41, 5.74) is 4.46. The second kappa shape index (κ2) is 54.9. The topological polar surface area (TPSA) is 226 Å². The van der Waals surface area contributed by atoms with Crippen molar-refractivity contribution in [3.05, 3.63) is 247 Å². The number of benzene rings is 7. The van der Waals surface area contributed by atoms with Crippen LogP contribution in [-0.2, 0) is 0 Å². The molecule has 0 spiro atoms. The van der Waals surface area contributed by atoms with E-state index in [0.29, 0.717) is 86.2 Å². The Morgan fingerprint density at radius 3 is 0.899 bits per heavy atom. The number of rotatable bonds is 21. The lowest BCUT2D eigenvalue weighted by molar-refractivity contribution is 0.0791. The fraction of sp³-hybridized carbons (Fsp3) is 0.559. The molecule has 0 unspecified atom stereocenters. The monoisotopic (exact) mass is 1970 g/mol. The van der Waals surface area contributed by atoms with Crippen molar-refractivity contribution in [1.29, 1.82) is 0 Å². The van der Waals surface area contributed by atoms with Crippen molar-refractivity contribution >= 4 is 64.6 Å². The van der Waals surface area contributed by atoms with E-state index in [-0.39, 0.29) is 92.7 Å². The first-order chi connectivity index (χ1) is 65.6. The predicted octanol–water partition coefficient (Wildman–Crippen LogP) is 20.2. The number of halogens is 7. The first-order valence-electron chi connectivity index (χ1n) is 50.3. The molecule has 0 aromatic heterocycles. The molecule has 7 saturated heterocycles. The van der Waals surface area contributed by atoms with Crippen molar-refractivity contribution in [2.75, 3.05) is 91.6 Å². The highest BCUT2D eigenvalue weighted by molar-refractivity contribution is 6.32. The summed E-state index contributed by atoms with van der Waals surface area (Å²) in [5.74, 6) is -3.42. The van der Waals surface area contributed by atoms with Crippen molar-refractivity contribution in [2.24, 2.45) is 0 Å². The van der Waals surface area contributed by atoms with Crippen LogP contribution in [0.25, 0.3) is 0 Å². The summed E-state index contributed by atoms with van der Waals surface area (Å²) in [7, 11) is 0. The molecule has 7 fully saturated rings. The van der Waals surface area contributed by atoms with Gasteiger partial charge >= 0.3 is 0 Å². The van der Waals surface area contributed by atoms with Gasteiger partial charge in [-0.05, 0) is 349 Å². The van der Waals surface area contributed by atoms with Crippen molar-refractivity contribution in [1.82, 2.24) is 71.5 Å². The lowest BCUT2D eigenvalue weighted by atomic mass is 9.88. The summed E-state index contributed by atoms with van der Waals surface area (Å²) in [6, 6.07) is 45.2. The molecule has 7 amide bonds. The molecule has 139 heavy (non-hydrogen) atoms. The third-order valence-electron chi connectivity index (χ3n) is 28.4. The Morgan fingerprint density at radius 1 is 0.281 bits per heavy atom. The van der Waals surface area contributed by atoms with E-state index in [9.17, 15) is 55.5 Å². The lowest BCUT2D eigenvalue weighted by Crippen LogP contribution is -2.54. The van der Waals surface area contributed by atoms with Gasteiger partial charge < -0.3 is 71.5 Å². The molecular formula is C111H159Cl2F5N14O7. The fourth-order valence-corrected chi connectivity index (χ4v) is 18.7. The average Bonchev–Trinajstić information content (AvgIpc) is 0.818. The van der Waals surface area contributed by atoms with Gasteiger partial charge in [0.2, 0.25) is 0 Å². The summed E-state index contributed by atoms with van der Waals surface area (Å²) >= 11 is 12.1. The molecule has 7 heterocycles. The normalized spacial score (nSPS) is 18.4. The summed E-state index contributed by atoms with van der Waals surface area (Å²) in [6.45, 7) is 57.0. The van der Waals surface area contributed by atoms with Crippen molar-refractivity contribution in [3.63, 3.8) is 0 Å². The van der Waals surface area contributed by atoms with Gasteiger partial charge in [0.05, 0.1) is 0 Å². The molecule has 7 aromatic carbocycles. The standard InChI is InChI=1S/2C17H25ClN2O.C16H22F2N2O.C16H23FN2O.2C15H21FN2O.C15H22N2O/c1-12(2)20-9-7-17(4,8-10-20)19-16(21)15-11-14(18)6-5-13(15)3;1-12(2)20-10-8-17(4,9-11-20)19-16(21)14-6-5-7-15(18)13(14)3;1-11(2)20-6-4-16(3,5-7-20)19-15(21)12-8-13(17)10-14(18)9-12;1-12(2)19-9-7-16(3,8-10-19)18-15(20)13-5-4-6-14(17)11-13;1-11(2)18-9-7-14(8-10-18)17-15(19)12-3-5-13(16)6-4-12;1-11(2)18-8-6-14(7-9-18)17-15(19)12-4-3-5-13(16)10-12;1-12(2)17-10-8-14(9-11-17)16-15(18)13-6-4-3-5-7-13/h5-6,11-12H,7-10H2,1-4H3,(H,19,21);5-7,12H,8-11H2,1-4H3,(H,19,21);8-11H,4-7H2,1-3H3,(H,19,21);4-6,11-12H,7-10H2,1-3H3,(H,18,20);3-6,11,14H,7-10H2,1-2H3,(H,17,19);3-5,10-11,14H,6-9H2,1-2H3,(H,17,19);3-7,12,14H,8-11H2,1-2H3,(H,16,18). The molecule has 14 rings (SSSR count). The largest absolute Gasteiger partial charge is 0.349 e. The van der Waals surface area contributed by atoms with E-state index in [1.165, 1.54) is 48.5 Å². The Balaban J connectivity index is 0.000000199. The zero-order valence-electron chi connectivity index (χ0n) is 86.2. The molecule has 7 N–H and O–H groups in total. The number of carbonyl (C=O) groups excluding carboxylic acids is 7. The smallest absolute Gasteiger partial charge is 0.252 e. The molecular weight excluding hydrogens is 1810 g/mol. The molecule has 21 nitrogen and oxygen atoms in total. The van der Waals surface area contributed by atoms with Crippen molar-refractivity contribution < 1.29 is 55.5 Å². The van der Waals surface area contributed by atoms with Crippen molar-refractivity contribution in [3.8, 4) is 0 Å². The number of nitrogens with one attached hydrogen (secondary N) is 7. The van der Waals surface area contributed by atoms with Crippen LogP contribution in [0, 0.1) is 42.9 Å². The fourth-order valence-electron chi connectivity index (χ4n) is 18.3. The number of likely N-dealkylation sites (tertiary alicyclic amines) is 7. The average molecular weight is 1970 g/mol. The quantitative estimate of drug-likeness (QED) is 0.0332. The van der Waals surface area contributed by atoms with Crippen molar-refractivity contribution in [2.45, 2.75) is 311 Å². The summed E-state index contributed by atoms with van der Waals surface area (Å²) in [4.78, 5) is 102. The minimum atomic E-state index is -0.736. The molecule has 7 aliphatic rings. The van der Waals surface area contributed by atoms with Gasteiger partial charge in [-0.2, -0.15) is 0 Å². The minimum Gasteiger partial charge on any atom is -0.349 e. The van der Waals surface area contributed by atoms with Crippen LogP contribution in [0.5, 0.6) is 0 Å². The molecule has 7 aliphatic heterocycles. The van der Waals surface area contributed by atoms with Gasteiger partial charge in [0.25, 0.3) is 41.4 Å². The van der Waals surface area contributed by atoms with Crippen LogP contribution in [0.2, 0.25) is 10.0 Å². The second-order valence-electron chi connectivity index (χ2n) is 41.6. The molecule has 0 aliphatic carbocycles. The van der Waals surface area contributed by atoms with Gasteiger partial charge in [0, 0.05) is 229 Å². The van der Waals surface area contributed by atoms with E-state index in [2.05, 4.69) is 189 Å².